The Labute approximate surface area is 200 Å². The summed E-state index contributed by atoms with van der Waals surface area (Å²) >= 11 is 0. The van der Waals surface area contributed by atoms with Crippen molar-refractivity contribution in [2.45, 2.75) is 63.2 Å². The van der Waals surface area contributed by atoms with Gasteiger partial charge in [-0.2, -0.15) is 5.26 Å². The summed E-state index contributed by atoms with van der Waals surface area (Å²) in [5, 5.41) is 24.7. The van der Waals surface area contributed by atoms with Crippen LogP contribution < -0.4 is 16.4 Å². The van der Waals surface area contributed by atoms with Crippen LogP contribution in [0.25, 0.3) is 10.9 Å². The van der Waals surface area contributed by atoms with Gasteiger partial charge in [0.15, 0.2) is 0 Å². The number of nitrogens with zero attached hydrogens (tertiary/aromatic N) is 5. The van der Waals surface area contributed by atoms with Crippen LogP contribution in [0.15, 0.2) is 36.2 Å². The van der Waals surface area contributed by atoms with Crippen LogP contribution in [0.2, 0.25) is 0 Å². The highest BCUT2D eigenvalue weighted by Crippen LogP contribution is 2.40. The Morgan fingerprint density at radius 1 is 1.29 bits per heavy atom. The molecular formula is C25H33N9. The van der Waals surface area contributed by atoms with E-state index in [1.54, 1.807) is 19.2 Å². The first-order valence-electron chi connectivity index (χ1n) is 12.2. The summed E-state index contributed by atoms with van der Waals surface area (Å²) in [6.07, 6.45) is 8.72. The molecule has 5 N–H and O–H groups in total. The number of nitriles is 1. The van der Waals surface area contributed by atoms with Crippen molar-refractivity contribution in [2.75, 3.05) is 30.3 Å². The number of hydrogen-bond acceptors (Lipinski definition) is 8. The maximum Gasteiger partial charge on any atom is 0.138 e. The second-order valence-corrected chi connectivity index (χ2v) is 9.82. The van der Waals surface area contributed by atoms with Crippen LogP contribution in [0, 0.1) is 16.7 Å². The molecule has 0 spiro atoms. The fourth-order valence-corrected chi connectivity index (χ4v) is 5.89. The van der Waals surface area contributed by atoms with Crippen molar-refractivity contribution in [1.82, 2.24) is 19.8 Å². The fraction of sp³-hybridized carbons (Fsp3) is 0.520. The van der Waals surface area contributed by atoms with E-state index in [1.807, 2.05) is 18.2 Å². The minimum Gasteiger partial charge on any atom is -0.402 e. The summed E-state index contributed by atoms with van der Waals surface area (Å²) in [5.74, 6) is 1.60. The molecule has 34 heavy (non-hydrogen) atoms. The Morgan fingerprint density at radius 2 is 2.06 bits per heavy atom. The standard InChI is InChI=1S/C25H33N9/c1-16(27)10-23(28)31-24-13-22-21(4-2-8-29-22)25(32-24)30-17-11-18-5-6-19(12-17)34(18)20-14-33(15-20)9-3-7-26/h2,4,8,10,13,17-20H,3,5-6,9,11-12,14-15,27H2,1H3,(H3,28,30,31,32)/b16-10-/t17-,18-,19+. The van der Waals surface area contributed by atoms with E-state index in [4.69, 9.17) is 21.4 Å². The van der Waals surface area contributed by atoms with Gasteiger partial charge in [-0.3, -0.25) is 20.2 Å². The maximum atomic E-state index is 8.83. The van der Waals surface area contributed by atoms with E-state index in [0.717, 1.165) is 49.2 Å². The smallest absolute Gasteiger partial charge is 0.138 e. The second-order valence-electron chi connectivity index (χ2n) is 9.82. The zero-order valence-corrected chi connectivity index (χ0v) is 19.7. The molecule has 3 aliphatic rings. The van der Waals surface area contributed by atoms with Crippen molar-refractivity contribution >= 4 is 28.4 Å². The zero-order valence-electron chi connectivity index (χ0n) is 19.7. The number of nitrogens with one attached hydrogen (secondary N) is 3. The lowest BCUT2D eigenvalue weighted by Crippen LogP contribution is -2.64. The third kappa shape index (κ3) is 4.69. The van der Waals surface area contributed by atoms with Crippen molar-refractivity contribution in [3.63, 3.8) is 0 Å². The van der Waals surface area contributed by atoms with Crippen LogP contribution in [0.1, 0.15) is 39.0 Å². The number of amidine groups is 1. The van der Waals surface area contributed by atoms with E-state index in [9.17, 15) is 0 Å². The molecule has 0 saturated carbocycles. The first-order valence-corrected chi connectivity index (χ1v) is 12.2. The highest BCUT2D eigenvalue weighted by Gasteiger charge is 2.46. The summed E-state index contributed by atoms with van der Waals surface area (Å²) in [7, 11) is 0. The Bertz CT molecular complexity index is 1110. The molecule has 2 aromatic heterocycles. The molecular weight excluding hydrogens is 426 g/mol. The van der Waals surface area contributed by atoms with Gasteiger partial charge in [0.05, 0.1) is 11.6 Å². The molecule has 0 unspecified atom stereocenters. The van der Waals surface area contributed by atoms with Gasteiger partial charge in [-0.05, 0) is 50.8 Å². The van der Waals surface area contributed by atoms with Crippen LogP contribution in [0.3, 0.4) is 0 Å². The van der Waals surface area contributed by atoms with Crippen LogP contribution in [0.5, 0.6) is 0 Å². The van der Waals surface area contributed by atoms with Gasteiger partial charge in [-0.25, -0.2) is 4.98 Å². The topological polar surface area (TPSA) is 130 Å². The molecule has 0 amide bonds. The number of pyridine rings is 2. The lowest BCUT2D eigenvalue weighted by Gasteiger charge is -2.51. The molecule has 0 radical (unpaired) electrons. The average Bonchev–Trinajstić information content (AvgIpc) is 3.01. The summed E-state index contributed by atoms with van der Waals surface area (Å²) in [4.78, 5) is 14.5. The summed E-state index contributed by atoms with van der Waals surface area (Å²) < 4.78 is 0. The molecule has 2 aromatic rings. The van der Waals surface area contributed by atoms with Gasteiger partial charge in [-0.15, -0.1) is 0 Å². The van der Waals surface area contributed by atoms with Crippen LogP contribution in [-0.4, -0.2) is 69.4 Å². The van der Waals surface area contributed by atoms with Crippen molar-refractivity contribution in [1.29, 1.82) is 10.7 Å². The Morgan fingerprint density at radius 3 is 2.76 bits per heavy atom. The highest BCUT2D eigenvalue weighted by molar-refractivity contribution is 6.02. The van der Waals surface area contributed by atoms with Crippen molar-refractivity contribution in [2.24, 2.45) is 5.73 Å². The molecule has 0 aliphatic carbocycles. The van der Waals surface area contributed by atoms with Crippen LogP contribution in [-0.2, 0) is 0 Å². The molecule has 5 heterocycles. The van der Waals surface area contributed by atoms with E-state index in [2.05, 4.69) is 31.5 Å². The van der Waals surface area contributed by atoms with E-state index < -0.39 is 0 Å². The van der Waals surface area contributed by atoms with Gasteiger partial charge in [0, 0.05) is 73.6 Å². The maximum absolute atomic E-state index is 8.83. The molecule has 3 saturated heterocycles. The highest BCUT2D eigenvalue weighted by atomic mass is 15.4. The number of hydrogen-bond donors (Lipinski definition) is 4. The van der Waals surface area contributed by atoms with E-state index in [1.165, 1.54) is 12.8 Å². The Balaban J connectivity index is 1.28. The molecule has 9 heteroatoms. The number of anilines is 2. The summed E-state index contributed by atoms with van der Waals surface area (Å²) in [6, 6.07) is 10.3. The largest absolute Gasteiger partial charge is 0.402 e. The molecule has 3 aliphatic heterocycles. The SMILES string of the molecule is C/C(N)=C/C(=N)Nc1cc2ncccc2c(N[C@@H]2C[C@H]3CC[C@@H](C2)N3C2CN(CCC#N)C2)n1. The Hall–Kier alpha value is -3.22. The predicted molar refractivity (Wildman–Crippen MR) is 135 cm³/mol. The van der Waals surface area contributed by atoms with Gasteiger partial charge < -0.3 is 16.4 Å². The molecule has 3 fully saturated rings. The van der Waals surface area contributed by atoms with Crippen molar-refractivity contribution in [3.8, 4) is 6.07 Å². The molecule has 0 aromatic carbocycles. The van der Waals surface area contributed by atoms with Gasteiger partial charge in [0.1, 0.15) is 17.5 Å². The minimum absolute atomic E-state index is 0.199. The quantitative estimate of drug-likeness (QED) is 0.367. The average molecular weight is 460 g/mol. The zero-order chi connectivity index (χ0) is 23.7. The normalized spacial score (nSPS) is 25.6. The fourth-order valence-electron chi connectivity index (χ4n) is 5.89. The number of nitrogens with two attached hydrogens (primary N) is 1. The lowest BCUT2D eigenvalue weighted by atomic mass is 9.93. The van der Waals surface area contributed by atoms with Gasteiger partial charge >= 0.3 is 0 Å². The second kappa shape index (κ2) is 9.57. The first kappa shape index (κ1) is 22.6. The van der Waals surface area contributed by atoms with Crippen molar-refractivity contribution in [3.05, 3.63) is 36.2 Å². The summed E-state index contributed by atoms with van der Waals surface area (Å²) in [6.45, 7) is 4.85. The third-order valence-corrected chi connectivity index (χ3v) is 7.26. The molecule has 2 bridgehead atoms. The lowest BCUT2D eigenvalue weighted by molar-refractivity contribution is -0.0136. The minimum atomic E-state index is 0.199. The molecule has 5 rings (SSSR count). The van der Waals surface area contributed by atoms with E-state index in [0.29, 0.717) is 42.1 Å². The monoisotopic (exact) mass is 459 g/mol. The van der Waals surface area contributed by atoms with E-state index in [-0.39, 0.29) is 5.84 Å². The predicted octanol–water partition coefficient (Wildman–Crippen LogP) is 2.89. The number of likely N-dealkylation sites (tertiary alicyclic amines) is 1. The van der Waals surface area contributed by atoms with E-state index >= 15 is 0 Å². The molecule has 178 valence electrons. The van der Waals surface area contributed by atoms with Gasteiger partial charge in [-0.1, -0.05) is 0 Å². The first-order chi connectivity index (χ1) is 16.5. The number of aromatic nitrogens is 2. The number of allylic oxidation sites excluding steroid dienone is 1. The Kier molecular flexibility index (Phi) is 6.35. The number of rotatable bonds is 7. The van der Waals surface area contributed by atoms with Crippen molar-refractivity contribution < 1.29 is 0 Å². The van der Waals surface area contributed by atoms with Crippen LogP contribution in [0.4, 0.5) is 11.6 Å². The number of piperidine rings is 1. The molecule has 9 nitrogen and oxygen atoms in total. The third-order valence-electron chi connectivity index (χ3n) is 7.26. The van der Waals surface area contributed by atoms with Gasteiger partial charge in [0.2, 0.25) is 0 Å². The van der Waals surface area contributed by atoms with Crippen LogP contribution >= 0.6 is 0 Å². The number of fused-ring (bicyclic) bond motifs is 3. The molecule has 3 atom stereocenters. The summed E-state index contributed by atoms with van der Waals surface area (Å²) in [5.41, 5.74) is 7.12. The van der Waals surface area contributed by atoms with Gasteiger partial charge in [0.25, 0.3) is 0 Å².